The number of hydrogen-bond donors (Lipinski definition) is 1. The van der Waals surface area contributed by atoms with Crippen LogP contribution in [-0.4, -0.2) is 24.4 Å². The van der Waals surface area contributed by atoms with Gasteiger partial charge in [0.25, 0.3) is 0 Å². The summed E-state index contributed by atoms with van der Waals surface area (Å²) in [6.45, 7) is 23.1. The minimum Gasteiger partial charge on any atom is -0.393 e. The Bertz CT molecular complexity index is 662. The summed E-state index contributed by atoms with van der Waals surface area (Å²) in [4.78, 5) is 0. The molecule has 0 bridgehead atoms. The molecule has 2 heteroatoms. The molecule has 0 amide bonds. The van der Waals surface area contributed by atoms with Gasteiger partial charge >= 0.3 is 0 Å². The van der Waals surface area contributed by atoms with Gasteiger partial charge in [0, 0.05) is 13.2 Å². The Hall–Kier alpha value is -0.0800. The monoisotopic (exact) mass is 519 g/mol. The zero-order valence-electron chi connectivity index (χ0n) is 26.5. The molecule has 0 saturated heterocycles. The molecule has 218 valence electrons. The lowest BCUT2D eigenvalue weighted by molar-refractivity contribution is -0.129. The maximum Gasteiger partial charge on any atom is 0.0543 e. The Labute approximate surface area is 232 Å². The number of aliphatic hydroxyl groups excluding tert-OH is 1. The Morgan fingerprint density at radius 2 is 1.32 bits per heavy atom. The maximum atomic E-state index is 10.3. The third-order valence-electron chi connectivity index (χ3n) is 11.7. The third-order valence-corrected chi connectivity index (χ3v) is 11.7. The molecule has 0 heterocycles. The van der Waals surface area contributed by atoms with E-state index in [0.29, 0.717) is 22.7 Å². The summed E-state index contributed by atoms with van der Waals surface area (Å²) in [6, 6.07) is 0. The van der Waals surface area contributed by atoms with Crippen molar-refractivity contribution in [3.63, 3.8) is 0 Å². The standard InChI is InChI=1S/C27H48O.C8H18O/c1-18(2)7-6-8-19(3)23-11-12-24-22-10-9-20-17-21(28)13-15-26(20,4)25(22)14-16-27(23,24)5;1-7(2)5-9-6-8(3)4/h18-25,28H,6-17H2,1-5H3;7-8H,5-6H2,1-4H3/t19-,20+,21+,22+,23-,24+,25+,26+,27-;/m1./s1. The van der Waals surface area contributed by atoms with Crippen molar-refractivity contribution in [3.05, 3.63) is 0 Å². The molecule has 0 unspecified atom stereocenters. The molecule has 0 radical (unpaired) electrons. The first-order chi connectivity index (χ1) is 17.4. The second kappa shape index (κ2) is 13.5. The van der Waals surface area contributed by atoms with Gasteiger partial charge in [-0.25, -0.2) is 0 Å². The van der Waals surface area contributed by atoms with Crippen LogP contribution in [0.5, 0.6) is 0 Å². The summed E-state index contributed by atoms with van der Waals surface area (Å²) >= 11 is 0. The smallest absolute Gasteiger partial charge is 0.0543 e. The molecule has 0 aromatic rings. The van der Waals surface area contributed by atoms with E-state index in [1.54, 1.807) is 0 Å². The molecule has 4 rings (SSSR count). The lowest BCUT2D eigenvalue weighted by Crippen LogP contribution is -2.54. The van der Waals surface area contributed by atoms with Gasteiger partial charge < -0.3 is 9.84 Å². The molecule has 0 aromatic heterocycles. The van der Waals surface area contributed by atoms with Crippen LogP contribution in [0.1, 0.15) is 139 Å². The average Bonchev–Trinajstić information content (AvgIpc) is 3.16. The van der Waals surface area contributed by atoms with Crippen LogP contribution in [0.2, 0.25) is 0 Å². The van der Waals surface area contributed by atoms with Crippen molar-refractivity contribution in [2.75, 3.05) is 13.2 Å². The largest absolute Gasteiger partial charge is 0.393 e. The molecule has 9 atom stereocenters. The Morgan fingerprint density at radius 3 is 1.95 bits per heavy atom. The predicted molar refractivity (Wildman–Crippen MR) is 160 cm³/mol. The number of fused-ring (bicyclic) bond motifs is 5. The molecule has 4 aliphatic rings. The van der Waals surface area contributed by atoms with E-state index >= 15 is 0 Å². The second-order valence-electron chi connectivity index (χ2n) is 15.9. The molecule has 4 saturated carbocycles. The van der Waals surface area contributed by atoms with E-state index in [2.05, 4.69) is 62.3 Å². The first-order valence-corrected chi connectivity index (χ1v) is 16.6. The summed E-state index contributed by atoms with van der Waals surface area (Å²) in [5, 5.41) is 10.3. The predicted octanol–water partition coefficient (Wildman–Crippen LogP) is 9.78. The second-order valence-corrected chi connectivity index (χ2v) is 15.9. The number of hydrogen-bond acceptors (Lipinski definition) is 2. The van der Waals surface area contributed by atoms with Gasteiger partial charge in [0.2, 0.25) is 0 Å². The van der Waals surface area contributed by atoms with Crippen LogP contribution in [0.4, 0.5) is 0 Å². The SMILES string of the molecule is CC(C)CCC[C@@H](C)[C@H]1CC[C@H]2[C@@H]3CC[C@H]4C[C@@H](O)CC[C@]4(C)[C@H]3CC[C@]12C.CC(C)COCC(C)C. The number of rotatable bonds is 9. The molecule has 1 N–H and O–H groups in total. The number of ether oxygens (including phenoxy) is 1. The minimum absolute atomic E-state index is 0.00830. The van der Waals surface area contributed by atoms with Crippen molar-refractivity contribution >= 4 is 0 Å². The van der Waals surface area contributed by atoms with Crippen LogP contribution in [0.3, 0.4) is 0 Å². The molecule has 0 aromatic carbocycles. The van der Waals surface area contributed by atoms with E-state index in [0.717, 1.165) is 67.5 Å². The molecule has 0 spiro atoms. The lowest BCUT2D eigenvalue weighted by Gasteiger charge is -2.61. The van der Waals surface area contributed by atoms with Crippen LogP contribution in [0.25, 0.3) is 0 Å². The quantitative estimate of drug-likeness (QED) is 0.329. The van der Waals surface area contributed by atoms with Gasteiger partial charge in [-0.3, -0.25) is 0 Å². The fourth-order valence-electron chi connectivity index (χ4n) is 9.80. The van der Waals surface area contributed by atoms with Gasteiger partial charge in [0.15, 0.2) is 0 Å². The van der Waals surface area contributed by atoms with Crippen molar-refractivity contribution in [1.82, 2.24) is 0 Å². The van der Waals surface area contributed by atoms with Crippen LogP contribution >= 0.6 is 0 Å². The van der Waals surface area contributed by atoms with E-state index in [9.17, 15) is 5.11 Å². The zero-order chi connectivity index (χ0) is 27.4. The molecular formula is C35H66O2. The van der Waals surface area contributed by atoms with Gasteiger partial charge in [-0.05, 0) is 122 Å². The summed E-state index contributed by atoms with van der Waals surface area (Å²) in [5.41, 5.74) is 1.15. The van der Waals surface area contributed by atoms with E-state index in [1.807, 2.05) is 0 Å². The van der Waals surface area contributed by atoms with Gasteiger partial charge in [-0.1, -0.05) is 81.6 Å². The molecule has 4 aliphatic carbocycles. The highest BCUT2D eigenvalue weighted by molar-refractivity contribution is 5.09. The first-order valence-electron chi connectivity index (χ1n) is 16.6. The van der Waals surface area contributed by atoms with E-state index < -0.39 is 0 Å². The maximum absolute atomic E-state index is 10.3. The van der Waals surface area contributed by atoms with Crippen LogP contribution in [0, 0.1) is 64.1 Å². The van der Waals surface area contributed by atoms with Crippen LogP contribution in [-0.2, 0) is 4.74 Å². The van der Waals surface area contributed by atoms with Gasteiger partial charge in [0.1, 0.15) is 0 Å². The molecule has 4 fully saturated rings. The molecule has 2 nitrogen and oxygen atoms in total. The zero-order valence-corrected chi connectivity index (χ0v) is 26.5. The Morgan fingerprint density at radius 1 is 0.703 bits per heavy atom. The summed E-state index contributed by atoms with van der Waals surface area (Å²) in [5.74, 6) is 7.83. The van der Waals surface area contributed by atoms with Crippen LogP contribution in [0.15, 0.2) is 0 Å². The van der Waals surface area contributed by atoms with Crippen LogP contribution < -0.4 is 0 Å². The fourth-order valence-corrected chi connectivity index (χ4v) is 9.80. The highest BCUT2D eigenvalue weighted by atomic mass is 16.5. The summed E-state index contributed by atoms with van der Waals surface area (Å²) in [6.07, 6.45) is 16.6. The van der Waals surface area contributed by atoms with Crippen molar-refractivity contribution in [2.24, 2.45) is 64.1 Å². The highest BCUT2D eigenvalue weighted by Crippen LogP contribution is 2.68. The normalized spacial score (nSPS) is 40.1. The van der Waals surface area contributed by atoms with E-state index in [1.165, 1.54) is 64.2 Å². The summed E-state index contributed by atoms with van der Waals surface area (Å²) in [7, 11) is 0. The molecule has 0 aliphatic heterocycles. The average molecular weight is 519 g/mol. The van der Waals surface area contributed by atoms with Gasteiger partial charge in [-0.15, -0.1) is 0 Å². The minimum atomic E-state index is -0.00830. The third kappa shape index (κ3) is 7.56. The Balaban J connectivity index is 0.000000364. The molecular weight excluding hydrogens is 452 g/mol. The van der Waals surface area contributed by atoms with Crippen molar-refractivity contribution < 1.29 is 9.84 Å². The molecule has 37 heavy (non-hydrogen) atoms. The number of aliphatic hydroxyl groups is 1. The first kappa shape index (κ1) is 31.4. The van der Waals surface area contributed by atoms with Crippen molar-refractivity contribution in [2.45, 2.75) is 145 Å². The Kier molecular flexibility index (Phi) is 11.5. The lowest BCUT2D eigenvalue weighted by atomic mass is 9.44. The highest BCUT2D eigenvalue weighted by Gasteiger charge is 2.60. The summed E-state index contributed by atoms with van der Waals surface area (Å²) < 4.78 is 5.36. The topological polar surface area (TPSA) is 29.5 Å². The van der Waals surface area contributed by atoms with Crippen molar-refractivity contribution in [3.8, 4) is 0 Å². The van der Waals surface area contributed by atoms with E-state index in [4.69, 9.17) is 4.74 Å². The van der Waals surface area contributed by atoms with Gasteiger partial charge in [-0.2, -0.15) is 0 Å². The van der Waals surface area contributed by atoms with Crippen molar-refractivity contribution in [1.29, 1.82) is 0 Å². The van der Waals surface area contributed by atoms with Gasteiger partial charge in [0.05, 0.1) is 6.10 Å². The fraction of sp³-hybridized carbons (Fsp3) is 1.00. The van der Waals surface area contributed by atoms with E-state index in [-0.39, 0.29) is 6.10 Å².